The number of methoxy groups -OCH3 is 1. The van der Waals surface area contributed by atoms with Crippen molar-refractivity contribution in [3.63, 3.8) is 0 Å². The first kappa shape index (κ1) is 14.1. The van der Waals surface area contributed by atoms with Crippen LogP contribution >= 0.6 is 0 Å². The van der Waals surface area contributed by atoms with Crippen LogP contribution in [0.3, 0.4) is 0 Å². The summed E-state index contributed by atoms with van der Waals surface area (Å²) in [5.41, 5.74) is 0.920. The van der Waals surface area contributed by atoms with E-state index in [1.165, 1.54) is 20.2 Å². The Kier molecular flexibility index (Phi) is 5.80. The van der Waals surface area contributed by atoms with Gasteiger partial charge in [0, 0.05) is 20.2 Å². The molecular weight excluding hydrogens is 230 g/mol. The van der Waals surface area contributed by atoms with E-state index in [2.05, 4.69) is 0 Å². The summed E-state index contributed by atoms with van der Waals surface area (Å²) < 4.78 is 4.79. The van der Waals surface area contributed by atoms with Gasteiger partial charge in [-0.1, -0.05) is 30.3 Å². The molecule has 96 valence electrons. The van der Waals surface area contributed by atoms with E-state index < -0.39 is 0 Å². The third-order valence-corrected chi connectivity index (χ3v) is 2.44. The lowest BCUT2D eigenvalue weighted by Gasteiger charge is -2.12. The summed E-state index contributed by atoms with van der Waals surface area (Å²) in [6, 6.07) is 9.45. The van der Waals surface area contributed by atoms with Gasteiger partial charge in [0.2, 0.25) is 5.91 Å². The summed E-state index contributed by atoms with van der Waals surface area (Å²) in [6.45, 7) is 0.318. The van der Waals surface area contributed by atoms with Gasteiger partial charge in [0.05, 0.1) is 13.0 Å². The van der Waals surface area contributed by atoms with Gasteiger partial charge < -0.3 is 4.74 Å². The molecule has 4 nitrogen and oxygen atoms in total. The average molecular weight is 247 g/mol. The van der Waals surface area contributed by atoms with Crippen molar-refractivity contribution < 1.29 is 14.3 Å². The van der Waals surface area contributed by atoms with Crippen molar-refractivity contribution in [2.75, 3.05) is 20.8 Å². The maximum Gasteiger partial charge on any atom is 0.252 e. The molecule has 0 unspecified atom stereocenters. The first-order chi connectivity index (χ1) is 8.65. The number of nitrogens with zero attached hydrogens (tertiary/aromatic N) is 1. The Hall–Kier alpha value is -1.94. The summed E-state index contributed by atoms with van der Waals surface area (Å²) in [5, 5.41) is 0. The van der Waals surface area contributed by atoms with Crippen LogP contribution in [0.5, 0.6) is 0 Å². The summed E-state index contributed by atoms with van der Waals surface area (Å²) in [4.78, 5) is 24.3. The standard InChI is InChI=1S/C14H17NO3/c1-15(14(17)10-11-18-2)13(16)9-8-12-6-4-3-5-7-12/h3-9H,10-11H2,1-2H3. The van der Waals surface area contributed by atoms with Crippen molar-refractivity contribution in [3.05, 3.63) is 42.0 Å². The minimum absolute atomic E-state index is 0.206. The number of hydrogen-bond acceptors (Lipinski definition) is 3. The Labute approximate surface area is 107 Å². The number of benzene rings is 1. The first-order valence-corrected chi connectivity index (χ1v) is 5.67. The van der Waals surface area contributed by atoms with Crippen LogP contribution < -0.4 is 0 Å². The average Bonchev–Trinajstić information content (AvgIpc) is 2.42. The third kappa shape index (κ3) is 4.51. The summed E-state index contributed by atoms with van der Waals surface area (Å²) in [7, 11) is 2.99. The lowest BCUT2D eigenvalue weighted by Crippen LogP contribution is -2.32. The molecule has 0 aliphatic heterocycles. The van der Waals surface area contributed by atoms with E-state index in [1.807, 2.05) is 30.3 Å². The van der Waals surface area contributed by atoms with Gasteiger partial charge in [-0.2, -0.15) is 0 Å². The van der Waals surface area contributed by atoms with Gasteiger partial charge in [0.1, 0.15) is 0 Å². The Bertz CT molecular complexity index is 426. The fourth-order valence-corrected chi connectivity index (χ4v) is 1.32. The second-order valence-corrected chi connectivity index (χ2v) is 3.78. The Balaban J connectivity index is 2.54. The zero-order chi connectivity index (χ0) is 13.4. The van der Waals surface area contributed by atoms with Gasteiger partial charge in [0.25, 0.3) is 5.91 Å². The Morgan fingerprint density at radius 3 is 2.56 bits per heavy atom. The van der Waals surface area contributed by atoms with Crippen molar-refractivity contribution in [3.8, 4) is 0 Å². The fourth-order valence-electron chi connectivity index (χ4n) is 1.32. The van der Waals surface area contributed by atoms with Gasteiger partial charge in [-0.3, -0.25) is 14.5 Å². The first-order valence-electron chi connectivity index (χ1n) is 5.67. The number of hydrogen-bond donors (Lipinski definition) is 0. The number of carbonyl (C=O) groups excluding carboxylic acids is 2. The zero-order valence-corrected chi connectivity index (χ0v) is 10.6. The molecule has 0 spiro atoms. The molecule has 0 bridgehead atoms. The van der Waals surface area contributed by atoms with Crippen LogP contribution in [0.25, 0.3) is 6.08 Å². The number of ether oxygens (including phenoxy) is 1. The molecule has 0 aromatic heterocycles. The number of carbonyl (C=O) groups is 2. The maximum atomic E-state index is 11.7. The molecule has 18 heavy (non-hydrogen) atoms. The third-order valence-electron chi connectivity index (χ3n) is 2.44. The molecule has 0 atom stereocenters. The summed E-state index contributed by atoms with van der Waals surface area (Å²) in [6.07, 6.45) is 3.28. The van der Waals surface area contributed by atoms with E-state index in [0.29, 0.717) is 6.61 Å². The fraction of sp³-hybridized carbons (Fsp3) is 0.286. The minimum atomic E-state index is -0.333. The predicted molar refractivity (Wildman–Crippen MR) is 69.7 cm³/mol. The quantitative estimate of drug-likeness (QED) is 0.744. The van der Waals surface area contributed by atoms with Crippen molar-refractivity contribution >= 4 is 17.9 Å². The summed E-state index contributed by atoms with van der Waals surface area (Å²) in [5.74, 6) is -0.584. The van der Waals surface area contributed by atoms with E-state index in [9.17, 15) is 9.59 Å². The van der Waals surface area contributed by atoms with Crippen LogP contribution in [0.15, 0.2) is 36.4 Å². The van der Waals surface area contributed by atoms with Gasteiger partial charge >= 0.3 is 0 Å². The minimum Gasteiger partial charge on any atom is -0.384 e. The molecule has 1 rings (SSSR count). The molecule has 0 aliphatic rings. The normalized spacial score (nSPS) is 10.6. The topological polar surface area (TPSA) is 46.6 Å². The highest BCUT2D eigenvalue weighted by molar-refractivity contribution is 6.02. The molecule has 0 radical (unpaired) electrons. The number of likely N-dealkylation sites (N-methyl/N-ethyl adjacent to an activating group) is 1. The summed E-state index contributed by atoms with van der Waals surface area (Å²) >= 11 is 0. The van der Waals surface area contributed by atoms with E-state index >= 15 is 0 Å². The number of rotatable bonds is 5. The Morgan fingerprint density at radius 1 is 1.28 bits per heavy atom. The van der Waals surface area contributed by atoms with Crippen molar-refractivity contribution in [2.24, 2.45) is 0 Å². The molecule has 1 aromatic carbocycles. The second kappa shape index (κ2) is 7.40. The highest BCUT2D eigenvalue weighted by atomic mass is 16.5. The molecule has 0 saturated carbocycles. The van der Waals surface area contributed by atoms with Gasteiger partial charge in [-0.25, -0.2) is 0 Å². The van der Waals surface area contributed by atoms with Crippen molar-refractivity contribution in [1.82, 2.24) is 4.90 Å². The van der Waals surface area contributed by atoms with Crippen LogP contribution in [0.4, 0.5) is 0 Å². The predicted octanol–water partition coefficient (Wildman–Crippen LogP) is 1.72. The van der Waals surface area contributed by atoms with Crippen LogP contribution in [0.2, 0.25) is 0 Å². The van der Waals surface area contributed by atoms with Gasteiger partial charge in [-0.05, 0) is 11.6 Å². The smallest absolute Gasteiger partial charge is 0.252 e. The van der Waals surface area contributed by atoms with Crippen LogP contribution in [0, 0.1) is 0 Å². The molecule has 0 N–H and O–H groups in total. The highest BCUT2D eigenvalue weighted by Gasteiger charge is 2.13. The zero-order valence-electron chi connectivity index (χ0n) is 10.6. The molecule has 0 heterocycles. The number of amides is 2. The largest absolute Gasteiger partial charge is 0.384 e. The SMILES string of the molecule is COCCC(=O)N(C)C(=O)C=Cc1ccccc1. The van der Waals surface area contributed by atoms with E-state index in [-0.39, 0.29) is 18.2 Å². The van der Waals surface area contributed by atoms with Crippen LogP contribution in [-0.2, 0) is 14.3 Å². The van der Waals surface area contributed by atoms with Gasteiger partial charge in [0.15, 0.2) is 0 Å². The van der Waals surface area contributed by atoms with E-state index in [4.69, 9.17) is 4.74 Å². The molecular formula is C14H17NO3. The van der Waals surface area contributed by atoms with Crippen molar-refractivity contribution in [2.45, 2.75) is 6.42 Å². The Morgan fingerprint density at radius 2 is 1.94 bits per heavy atom. The van der Waals surface area contributed by atoms with Crippen molar-refractivity contribution in [1.29, 1.82) is 0 Å². The van der Waals surface area contributed by atoms with Crippen LogP contribution in [0.1, 0.15) is 12.0 Å². The molecule has 1 aromatic rings. The van der Waals surface area contributed by atoms with E-state index in [0.717, 1.165) is 10.5 Å². The monoisotopic (exact) mass is 247 g/mol. The molecule has 4 heteroatoms. The molecule has 0 aliphatic carbocycles. The maximum absolute atomic E-state index is 11.7. The molecule has 0 fully saturated rings. The van der Waals surface area contributed by atoms with Crippen LogP contribution in [-0.4, -0.2) is 37.5 Å². The number of imide groups is 1. The molecule has 0 saturated heterocycles. The lowest BCUT2D eigenvalue weighted by molar-refractivity contribution is -0.140. The van der Waals surface area contributed by atoms with E-state index in [1.54, 1.807) is 6.08 Å². The molecule has 2 amide bonds. The highest BCUT2D eigenvalue weighted by Crippen LogP contribution is 2.02. The lowest BCUT2D eigenvalue weighted by atomic mass is 10.2. The second-order valence-electron chi connectivity index (χ2n) is 3.78. The van der Waals surface area contributed by atoms with Gasteiger partial charge in [-0.15, -0.1) is 0 Å².